The maximum absolute atomic E-state index is 11.6. The van der Waals surface area contributed by atoms with Crippen molar-refractivity contribution < 1.29 is 14.3 Å². The lowest BCUT2D eigenvalue weighted by molar-refractivity contribution is -0.141. The minimum atomic E-state index is -0.419. The Morgan fingerprint density at radius 2 is 2.29 bits per heavy atom. The molecule has 0 aromatic carbocycles. The Kier molecular flexibility index (Phi) is 3.64. The molecular weight excluding hydrogens is 202 g/mol. The lowest BCUT2D eigenvalue weighted by atomic mass is 10.4. The van der Waals surface area contributed by atoms with Crippen LogP contribution in [0.2, 0.25) is 0 Å². The number of rotatable bonds is 3. The third-order valence-electron chi connectivity index (χ3n) is 1.67. The number of thiophene rings is 1. The smallest absolute Gasteiger partial charge is 0.325 e. The molecular formula is C9H11NO3S. The van der Waals surface area contributed by atoms with Crippen molar-refractivity contribution in [2.24, 2.45) is 0 Å². The fourth-order valence-electron chi connectivity index (χ4n) is 0.918. The molecule has 1 amide bonds. The monoisotopic (exact) mass is 213 g/mol. The molecule has 1 rings (SSSR count). The third kappa shape index (κ3) is 2.56. The van der Waals surface area contributed by atoms with Crippen LogP contribution in [-0.2, 0) is 9.53 Å². The first kappa shape index (κ1) is 10.7. The molecule has 0 unspecified atom stereocenters. The van der Waals surface area contributed by atoms with Crippen LogP contribution >= 0.6 is 11.3 Å². The Hall–Kier alpha value is -1.36. The number of carbonyl (C=O) groups is 2. The summed E-state index contributed by atoms with van der Waals surface area (Å²) in [5.41, 5.74) is 0. The minimum absolute atomic E-state index is 0.0206. The van der Waals surface area contributed by atoms with Gasteiger partial charge in [-0.2, -0.15) is 0 Å². The van der Waals surface area contributed by atoms with Crippen molar-refractivity contribution in [3.8, 4) is 0 Å². The summed E-state index contributed by atoms with van der Waals surface area (Å²) in [4.78, 5) is 24.4. The summed E-state index contributed by atoms with van der Waals surface area (Å²) in [7, 11) is 2.87. The molecule has 0 aliphatic carbocycles. The highest BCUT2D eigenvalue weighted by Crippen LogP contribution is 2.10. The van der Waals surface area contributed by atoms with Gasteiger partial charge in [-0.1, -0.05) is 6.07 Å². The van der Waals surface area contributed by atoms with E-state index in [0.717, 1.165) is 0 Å². The Morgan fingerprint density at radius 3 is 2.79 bits per heavy atom. The van der Waals surface area contributed by atoms with Gasteiger partial charge in [-0.25, -0.2) is 0 Å². The normalized spacial score (nSPS) is 9.57. The molecule has 1 heterocycles. The molecule has 0 aliphatic rings. The van der Waals surface area contributed by atoms with E-state index in [1.165, 1.54) is 23.3 Å². The molecule has 4 nitrogen and oxygen atoms in total. The molecule has 5 heteroatoms. The molecule has 0 fully saturated rings. The van der Waals surface area contributed by atoms with Gasteiger partial charge in [-0.3, -0.25) is 9.59 Å². The minimum Gasteiger partial charge on any atom is -0.468 e. The quantitative estimate of drug-likeness (QED) is 0.703. The molecule has 0 atom stereocenters. The van der Waals surface area contributed by atoms with Gasteiger partial charge in [0.2, 0.25) is 0 Å². The van der Waals surface area contributed by atoms with Gasteiger partial charge in [-0.05, 0) is 11.4 Å². The number of carbonyl (C=O) groups excluding carboxylic acids is 2. The van der Waals surface area contributed by atoms with Gasteiger partial charge in [0.15, 0.2) is 0 Å². The standard InChI is InChI=1S/C9H11NO3S/c1-10(6-8(11)13-2)9(12)7-4-3-5-14-7/h3-5H,6H2,1-2H3. The van der Waals surface area contributed by atoms with Crippen molar-refractivity contribution in [3.63, 3.8) is 0 Å². The zero-order chi connectivity index (χ0) is 10.6. The van der Waals surface area contributed by atoms with E-state index in [2.05, 4.69) is 4.74 Å². The molecule has 0 radical (unpaired) electrons. The van der Waals surface area contributed by atoms with Crippen molar-refractivity contribution in [1.82, 2.24) is 4.90 Å². The molecule has 0 saturated carbocycles. The highest BCUT2D eigenvalue weighted by atomic mass is 32.1. The van der Waals surface area contributed by atoms with E-state index in [1.807, 2.05) is 5.38 Å². The Bertz CT molecular complexity index is 321. The van der Waals surface area contributed by atoms with Crippen LogP contribution in [0.4, 0.5) is 0 Å². The highest BCUT2D eigenvalue weighted by Gasteiger charge is 2.15. The fourth-order valence-corrected chi connectivity index (χ4v) is 1.64. The van der Waals surface area contributed by atoms with Crippen LogP contribution in [0.1, 0.15) is 9.67 Å². The number of ether oxygens (including phenoxy) is 1. The van der Waals surface area contributed by atoms with E-state index >= 15 is 0 Å². The molecule has 1 aromatic heterocycles. The fraction of sp³-hybridized carbons (Fsp3) is 0.333. The SMILES string of the molecule is COC(=O)CN(C)C(=O)c1cccs1. The summed E-state index contributed by atoms with van der Waals surface area (Å²) in [6, 6.07) is 3.52. The number of likely N-dealkylation sites (N-methyl/N-ethyl adjacent to an activating group) is 1. The largest absolute Gasteiger partial charge is 0.468 e. The predicted molar refractivity (Wildman–Crippen MR) is 53.3 cm³/mol. The van der Waals surface area contributed by atoms with Gasteiger partial charge in [0.1, 0.15) is 6.54 Å². The maximum Gasteiger partial charge on any atom is 0.325 e. The van der Waals surface area contributed by atoms with Crippen LogP contribution < -0.4 is 0 Å². The lowest BCUT2D eigenvalue weighted by Crippen LogP contribution is -2.32. The van der Waals surface area contributed by atoms with E-state index in [-0.39, 0.29) is 12.5 Å². The summed E-state index contributed by atoms with van der Waals surface area (Å²) in [6.45, 7) is -0.0206. The first-order valence-corrected chi connectivity index (χ1v) is 4.89. The van der Waals surface area contributed by atoms with Crippen LogP contribution in [0.5, 0.6) is 0 Å². The molecule has 76 valence electrons. The molecule has 0 N–H and O–H groups in total. The number of esters is 1. The number of amides is 1. The molecule has 0 bridgehead atoms. The summed E-state index contributed by atoms with van der Waals surface area (Å²) >= 11 is 1.35. The second-order valence-electron chi connectivity index (χ2n) is 2.71. The van der Waals surface area contributed by atoms with Gasteiger partial charge in [0.25, 0.3) is 5.91 Å². The van der Waals surface area contributed by atoms with Crippen LogP contribution in [0, 0.1) is 0 Å². The van der Waals surface area contributed by atoms with E-state index in [9.17, 15) is 9.59 Å². The Morgan fingerprint density at radius 1 is 1.57 bits per heavy atom. The summed E-state index contributed by atoms with van der Waals surface area (Å²) in [6.07, 6.45) is 0. The van der Waals surface area contributed by atoms with Crippen LogP contribution in [0.3, 0.4) is 0 Å². The topological polar surface area (TPSA) is 46.6 Å². The van der Waals surface area contributed by atoms with Gasteiger partial charge >= 0.3 is 5.97 Å². The van der Waals surface area contributed by atoms with E-state index in [4.69, 9.17) is 0 Å². The van der Waals surface area contributed by atoms with Crippen molar-refractivity contribution in [2.75, 3.05) is 20.7 Å². The number of hydrogen-bond donors (Lipinski definition) is 0. The summed E-state index contributed by atoms with van der Waals surface area (Å²) in [5.74, 6) is -0.581. The van der Waals surface area contributed by atoms with Crippen LogP contribution in [-0.4, -0.2) is 37.5 Å². The number of hydrogen-bond acceptors (Lipinski definition) is 4. The van der Waals surface area contributed by atoms with Crippen molar-refractivity contribution in [3.05, 3.63) is 22.4 Å². The van der Waals surface area contributed by atoms with E-state index in [0.29, 0.717) is 4.88 Å². The average molecular weight is 213 g/mol. The zero-order valence-corrected chi connectivity index (χ0v) is 8.84. The number of nitrogens with zero attached hydrogens (tertiary/aromatic N) is 1. The summed E-state index contributed by atoms with van der Waals surface area (Å²) < 4.78 is 4.46. The Labute approximate surface area is 86.1 Å². The molecule has 14 heavy (non-hydrogen) atoms. The first-order chi connectivity index (χ1) is 6.65. The second-order valence-corrected chi connectivity index (χ2v) is 3.66. The average Bonchev–Trinajstić information content (AvgIpc) is 2.69. The van der Waals surface area contributed by atoms with Crippen LogP contribution in [0.25, 0.3) is 0 Å². The molecule has 0 aliphatic heterocycles. The van der Waals surface area contributed by atoms with Crippen LogP contribution in [0.15, 0.2) is 17.5 Å². The van der Waals surface area contributed by atoms with Crippen molar-refractivity contribution in [2.45, 2.75) is 0 Å². The zero-order valence-electron chi connectivity index (χ0n) is 8.02. The van der Waals surface area contributed by atoms with Gasteiger partial charge in [0.05, 0.1) is 12.0 Å². The van der Waals surface area contributed by atoms with E-state index < -0.39 is 5.97 Å². The van der Waals surface area contributed by atoms with Gasteiger partial charge in [-0.15, -0.1) is 11.3 Å². The van der Waals surface area contributed by atoms with E-state index in [1.54, 1.807) is 19.2 Å². The van der Waals surface area contributed by atoms with Gasteiger partial charge in [0, 0.05) is 7.05 Å². The maximum atomic E-state index is 11.6. The Balaban J connectivity index is 2.58. The third-order valence-corrected chi connectivity index (χ3v) is 2.53. The number of methoxy groups -OCH3 is 1. The second kappa shape index (κ2) is 4.76. The first-order valence-electron chi connectivity index (χ1n) is 4.01. The molecule has 1 aromatic rings. The highest BCUT2D eigenvalue weighted by molar-refractivity contribution is 7.12. The lowest BCUT2D eigenvalue weighted by Gasteiger charge is -2.13. The van der Waals surface area contributed by atoms with Crippen molar-refractivity contribution in [1.29, 1.82) is 0 Å². The molecule has 0 spiro atoms. The molecule has 0 saturated heterocycles. The van der Waals surface area contributed by atoms with Gasteiger partial charge < -0.3 is 9.64 Å². The summed E-state index contributed by atoms with van der Waals surface area (Å²) in [5, 5.41) is 1.82. The predicted octanol–water partition coefficient (Wildman–Crippen LogP) is 0.993. The van der Waals surface area contributed by atoms with Crippen molar-refractivity contribution >= 4 is 23.2 Å².